The molecule has 0 aliphatic carbocycles. The molecule has 1 aromatic heterocycles. The summed E-state index contributed by atoms with van der Waals surface area (Å²) in [4.78, 5) is 19.1. The minimum atomic E-state index is 0.0154. The van der Waals surface area contributed by atoms with Gasteiger partial charge >= 0.3 is 0 Å². The van der Waals surface area contributed by atoms with Crippen molar-refractivity contribution in [1.29, 1.82) is 0 Å². The van der Waals surface area contributed by atoms with E-state index in [9.17, 15) is 4.79 Å². The Labute approximate surface area is 131 Å². The molecule has 2 aliphatic rings. The Morgan fingerprint density at radius 2 is 2.14 bits per heavy atom. The van der Waals surface area contributed by atoms with Crippen LogP contribution in [0.4, 0.5) is 11.6 Å². The maximum absolute atomic E-state index is 11.5. The highest BCUT2D eigenvalue weighted by Gasteiger charge is 2.20. The minimum absolute atomic E-state index is 0.0154. The minimum Gasteiger partial charge on any atom is -0.336 e. The molecule has 2 N–H and O–H groups in total. The number of rotatable bonds is 2. The molecule has 0 spiro atoms. The van der Waals surface area contributed by atoms with E-state index in [0.717, 1.165) is 42.3 Å². The van der Waals surface area contributed by atoms with Crippen molar-refractivity contribution < 1.29 is 9.32 Å². The van der Waals surface area contributed by atoms with E-state index in [0.29, 0.717) is 17.6 Å². The number of carbonyl (C=O) groups excluding carboxylic acids is 1. The quantitative estimate of drug-likeness (QED) is 0.861. The molecule has 1 fully saturated rings. The van der Waals surface area contributed by atoms with Crippen molar-refractivity contribution in [3.05, 3.63) is 18.2 Å². The monoisotopic (exact) mass is 317 g/mol. The van der Waals surface area contributed by atoms with Crippen LogP contribution in [0.3, 0.4) is 0 Å². The summed E-state index contributed by atoms with van der Waals surface area (Å²) >= 11 is 1.53. The maximum Gasteiger partial charge on any atom is 0.266 e. The lowest BCUT2D eigenvalue weighted by Gasteiger charge is -2.25. The Balaban J connectivity index is 1.61. The van der Waals surface area contributed by atoms with Gasteiger partial charge in [-0.25, -0.2) is 0 Å². The second-order valence-electron chi connectivity index (χ2n) is 5.18. The van der Waals surface area contributed by atoms with Gasteiger partial charge in [-0.2, -0.15) is 4.98 Å². The summed E-state index contributed by atoms with van der Waals surface area (Å²) in [5.74, 6) is 1.57. The van der Waals surface area contributed by atoms with Crippen LogP contribution < -0.4 is 15.5 Å². The Bertz CT molecular complexity index is 711. The SMILES string of the molecule is O=C1CSc2ccc(-c3nc(N4CCNCC4)no3)cc2N1. The van der Waals surface area contributed by atoms with E-state index in [1.807, 2.05) is 18.2 Å². The molecule has 4 rings (SSSR count). The molecule has 2 aromatic rings. The van der Waals surface area contributed by atoms with Crippen molar-refractivity contribution in [3.8, 4) is 11.5 Å². The number of hydrogen-bond acceptors (Lipinski definition) is 7. The van der Waals surface area contributed by atoms with Crippen LogP contribution in [0.15, 0.2) is 27.6 Å². The van der Waals surface area contributed by atoms with E-state index in [1.165, 1.54) is 11.8 Å². The molecule has 114 valence electrons. The fourth-order valence-electron chi connectivity index (χ4n) is 2.54. The summed E-state index contributed by atoms with van der Waals surface area (Å²) in [5.41, 5.74) is 1.62. The fourth-order valence-corrected chi connectivity index (χ4v) is 3.33. The summed E-state index contributed by atoms with van der Waals surface area (Å²) in [6.07, 6.45) is 0. The average molecular weight is 317 g/mol. The summed E-state index contributed by atoms with van der Waals surface area (Å²) in [7, 11) is 0. The number of anilines is 2. The van der Waals surface area contributed by atoms with Gasteiger partial charge in [0.2, 0.25) is 5.91 Å². The summed E-state index contributed by atoms with van der Waals surface area (Å²) < 4.78 is 5.38. The number of carbonyl (C=O) groups is 1. The van der Waals surface area contributed by atoms with Crippen LogP contribution >= 0.6 is 11.8 Å². The van der Waals surface area contributed by atoms with Crippen LogP contribution in [0, 0.1) is 0 Å². The van der Waals surface area contributed by atoms with Crippen molar-refractivity contribution in [2.24, 2.45) is 0 Å². The van der Waals surface area contributed by atoms with Gasteiger partial charge in [0.05, 0.1) is 11.4 Å². The number of piperazine rings is 1. The molecule has 22 heavy (non-hydrogen) atoms. The summed E-state index contributed by atoms with van der Waals surface area (Å²) in [5, 5.41) is 10.2. The van der Waals surface area contributed by atoms with E-state index in [2.05, 4.69) is 25.7 Å². The van der Waals surface area contributed by atoms with Gasteiger partial charge in [-0.05, 0) is 23.4 Å². The van der Waals surface area contributed by atoms with Crippen LogP contribution in [0.2, 0.25) is 0 Å². The molecule has 1 amide bonds. The lowest BCUT2D eigenvalue weighted by atomic mass is 10.2. The van der Waals surface area contributed by atoms with Crippen LogP contribution in [-0.2, 0) is 4.79 Å². The molecule has 1 aromatic carbocycles. The lowest BCUT2D eigenvalue weighted by Crippen LogP contribution is -2.44. The van der Waals surface area contributed by atoms with Crippen LogP contribution in [0.25, 0.3) is 11.5 Å². The first-order chi connectivity index (χ1) is 10.8. The molecule has 3 heterocycles. The average Bonchev–Trinajstić information content (AvgIpc) is 3.05. The number of thioether (sulfide) groups is 1. The van der Waals surface area contributed by atoms with E-state index < -0.39 is 0 Å². The van der Waals surface area contributed by atoms with Gasteiger partial charge in [-0.15, -0.1) is 11.8 Å². The smallest absolute Gasteiger partial charge is 0.266 e. The highest BCUT2D eigenvalue weighted by Crippen LogP contribution is 2.34. The maximum atomic E-state index is 11.5. The van der Waals surface area contributed by atoms with Crippen LogP contribution in [0.5, 0.6) is 0 Å². The van der Waals surface area contributed by atoms with Crippen molar-refractivity contribution in [1.82, 2.24) is 15.5 Å². The first-order valence-electron chi connectivity index (χ1n) is 7.16. The first-order valence-corrected chi connectivity index (χ1v) is 8.14. The Morgan fingerprint density at radius 1 is 1.27 bits per heavy atom. The molecule has 0 bridgehead atoms. The second-order valence-corrected chi connectivity index (χ2v) is 6.20. The van der Waals surface area contributed by atoms with E-state index in [4.69, 9.17) is 4.52 Å². The summed E-state index contributed by atoms with van der Waals surface area (Å²) in [6.45, 7) is 3.59. The molecule has 0 unspecified atom stereocenters. The third-order valence-electron chi connectivity index (χ3n) is 3.67. The number of nitrogens with one attached hydrogen (secondary N) is 2. The number of amides is 1. The number of nitrogens with zero attached hydrogens (tertiary/aromatic N) is 3. The number of hydrogen-bond donors (Lipinski definition) is 2. The molecular formula is C14H15N5O2S. The largest absolute Gasteiger partial charge is 0.336 e. The van der Waals surface area contributed by atoms with Gasteiger partial charge in [0.25, 0.3) is 11.8 Å². The molecule has 8 heteroatoms. The molecule has 7 nitrogen and oxygen atoms in total. The Kier molecular flexibility index (Phi) is 3.47. The topological polar surface area (TPSA) is 83.3 Å². The van der Waals surface area contributed by atoms with Crippen molar-refractivity contribution in [2.75, 3.05) is 42.1 Å². The van der Waals surface area contributed by atoms with E-state index in [-0.39, 0.29) is 5.91 Å². The van der Waals surface area contributed by atoms with Crippen molar-refractivity contribution in [2.45, 2.75) is 4.90 Å². The zero-order valence-electron chi connectivity index (χ0n) is 11.8. The highest BCUT2D eigenvalue weighted by molar-refractivity contribution is 8.00. The number of aromatic nitrogens is 2. The molecular weight excluding hydrogens is 302 g/mol. The van der Waals surface area contributed by atoms with E-state index in [1.54, 1.807) is 0 Å². The predicted octanol–water partition coefficient (Wildman–Crippen LogP) is 1.19. The number of fused-ring (bicyclic) bond motifs is 1. The van der Waals surface area contributed by atoms with Gasteiger partial charge < -0.3 is 20.1 Å². The first kappa shape index (κ1) is 13.6. The molecule has 1 saturated heterocycles. The van der Waals surface area contributed by atoms with Gasteiger partial charge in [0, 0.05) is 36.6 Å². The molecule has 2 aliphatic heterocycles. The number of benzene rings is 1. The van der Waals surface area contributed by atoms with Crippen molar-refractivity contribution in [3.63, 3.8) is 0 Å². The van der Waals surface area contributed by atoms with Gasteiger partial charge in [-0.1, -0.05) is 0 Å². The zero-order valence-corrected chi connectivity index (χ0v) is 12.7. The highest BCUT2D eigenvalue weighted by atomic mass is 32.2. The van der Waals surface area contributed by atoms with Gasteiger partial charge in [0.15, 0.2) is 0 Å². The predicted molar refractivity (Wildman–Crippen MR) is 84.2 cm³/mol. The van der Waals surface area contributed by atoms with Crippen molar-refractivity contribution >= 4 is 29.3 Å². The molecule has 0 saturated carbocycles. The summed E-state index contributed by atoms with van der Waals surface area (Å²) in [6, 6.07) is 5.80. The van der Waals surface area contributed by atoms with E-state index >= 15 is 0 Å². The van der Waals surface area contributed by atoms with Gasteiger partial charge in [0.1, 0.15) is 0 Å². The Morgan fingerprint density at radius 3 is 3.00 bits per heavy atom. The lowest BCUT2D eigenvalue weighted by molar-refractivity contribution is -0.113. The second kappa shape index (κ2) is 5.62. The normalized spacial score (nSPS) is 18.0. The Hall–Kier alpha value is -2.06. The van der Waals surface area contributed by atoms with Crippen LogP contribution in [-0.4, -0.2) is 48.0 Å². The zero-order chi connectivity index (χ0) is 14.9. The fraction of sp³-hybridized carbons (Fsp3) is 0.357. The third kappa shape index (κ3) is 2.55. The third-order valence-corrected chi connectivity index (χ3v) is 4.75. The van der Waals surface area contributed by atoms with Gasteiger partial charge in [-0.3, -0.25) is 4.79 Å². The standard InChI is InChI=1S/C14H15N5O2S/c20-12-8-22-11-2-1-9(7-10(11)16-12)13-17-14(18-21-13)19-5-3-15-4-6-19/h1-2,7,15H,3-6,8H2,(H,16,20). The van der Waals surface area contributed by atoms with Crippen LogP contribution in [0.1, 0.15) is 0 Å². The molecule has 0 radical (unpaired) electrons. The molecule has 0 atom stereocenters.